The van der Waals surface area contributed by atoms with Crippen LogP contribution in [0.5, 0.6) is 0 Å². The van der Waals surface area contributed by atoms with Gasteiger partial charge in [0.25, 0.3) is 0 Å². The average molecular weight is 484 g/mol. The van der Waals surface area contributed by atoms with E-state index in [1.165, 1.54) is 11.1 Å². The van der Waals surface area contributed by atoms with E-state index in [-0.39, 0.29) is 24.4 Å². The molecule has 0 amide bonds. The van der Waals surface area contributed by atoms with Gasteiger partial charge in [-0.1, -0.05) is 60.7 Å². The van der Waals surface area contributed by atoms with Gasteiger partial charge in [-0.05, 0) is 38.8 Å². The Kier molecular flexibility index (Phi) is 7.28. The fourth-order valence-electron chi connectivity index (χ4n) is 5.09. The van der Waals surface area contributed by atoms with Crippen LogP contribution in [-0.4, -0.2) is 66.9 Å². The summed E-state index contributed by atoms with van der Waals surface area (Å²) in [5.41, 5.74) is 2.55. The number of rotatable bonds is 9. The van der Waals surface area contributed by atoms with Crippen molar-refractivity contribution in [3.05, 3.63) is 71.8 Å². The largest absolute Gasteiger partial charge is 0.371 e. The summed E-state index contributed by atoms with van der Waals surface area (Å²) in [4.78, 5) is 2.40. The summed E-state index contributed by atoms with van der Waals surface area (Å²) < 4.78 is 36.9. The van der Waals surface area contributed by atoms with Crippen molar-refractivity contribution in [2.45, 2.75) is 83.1 Å². The third-order valence-corrected chi connectivity index (χ3v) is 6.64. The van der Waals surface area contributed by atoms with Crippen LogP contribution >= 0.6 is 0 Å². The highest BCUT2D eigenvalue weighted by atomic mass is 16.8. The van der Waals surface area contributed by atoms with Gasteiger partial charge in [-0.3, -0.25) is 4.90 Å². The van der Waals surface area contributed by atoms with Crippen LogP contribution in [0.1, 0.15) is 38.8 Å². The lowest BCUT2D eigenvalue weighted by Crippen LogP contribution is -2.45. The lowest BCUT2D eigenvalue weighted by atomic mass is 10.1. The molecule has 2 aromatic carbocycles. The lowest BCUT2D eigenvalue weighted by molar-refractivity contribution is -0.236. The summed E-state index contributed by atoms with van der Waals surface area (Å²) >= 11 is 0. The normalized spacial score (nSPS) is 31.2. The molecule has 7 nitrogen and oxygen atoms in total. The fraction of sp³-hybridized carbons (Fsp3) is 0.571. The van der Waals surface area contributed by atoms with Crippen LogP contribution in [0.25, 0.3) is 0 Å². The van der Waals surface area contributed by atoms with Gasteiger partial charge in [0.15, 0.2) is 17.9 Å². The van der Waals surface area contributed by atoms with Crippen molar-refractivity contribution < 1.29 is 28.4 Å². The molecule has 0 saturated carbocycles. The summed E-state index contributed by atoms with van der Waals surface area (Å²) in [7, 11) is 0. The first-order valence-electron chi connectivity index (χ1n) is 12.5. The second kappa shape index (κ2) is 10.3. The van der Waals surface area contributed by atoms with Gasteiger partial charge in [0.2, 0.25) is 0 Å². The molecule has 2 aromatic rings. The molecule has 3 fully saturated rings. The van der Waals surface area contributed by atoms with Gasteiger partial charge in [-0.25, -0.2) is 0 Å². The van der Waals surface area contributed by atoms with Crippen LogP contribution in [0.4, 0.5) is 0 Å². The third kappa shape index (κ3) is 6.12. The SMILES string of the molecule is CC1(C)OC2O[C@H]([C@H]3COC(C)(C)O3)[C@H](OCCN(Cc3ccccc3)Cc3ccccc3)C2O1. The minimum Gasteiger partial charge on any atom is -0.371 e. The maximum Gasteiger partial charge on any atom is 0.190 e. The summed E-state index contributed by atoms with van der Waals surface area (Å²) in [5.74, 6) is -1.35. The molecule has 2 unspecified atom stereocenters. The predicted octanol–water partition coefficient (Wildman–Crippen LogP) is 4.10. The number of benzene rings is 2. The number of fused-ring (bicyclic) bond motifs is 1. The zero-order chi connectivity index (χ0) is 24.5. The van der Waals surface area contributed by atoms with Crippen LogP contribution in [0.15, 0.2) is 60.7 Å². The van der Waals surface area contributed by atoms with Crippen LogP contribution < -0.4 is 0 Å². The molecule has 190 valence electrons. The van der Waals surface area contributed by atoms with Crippen molar-refractivity contribution in [1.82, 2.24) is 4.90 Å². The minimum absolute atomic E-state index is 0.236. The van der Waals surface area contributed by atoms with Gasteiger partial charge in [0.05, 0.1) is 13.2 Å². The number of nitrogens with zero attached hydrogens (tertiary/aromatic N) is 1. The molecule has 0 bridgehead atoms. The Morgan fingerprint density at radius 3 is 2.00 bits per heavy atom. The minimum atomic E-state index is -0.707. The van der Waals surface area contributed by atoms with E-state index in [0.29, 0.717) is 13.2 Å². The number of hydrogen-bond donors (Lipinski definition) is 0. The van der Waals surface area contributed by atoms with Crippen LogP contribution in [0, 0.1) is 0 Å². The smallest absolute Gasteiger partial charge is 0.190 e. The highest BCUT2D eigenvalue weighted by Crippen LogP contribution is 2.41. The molecule has 3 aliphatic rings. The highest BCUT2D eigenvalue weighted by Gasteiger charge is 2.58. The van der Waals surface area contributed by atoms with E-state index in [1.54, 1.807) is 0 Å². The van der Waals surface area contributed by atoms with E-state index in [4.69, 9.17) is 28.4 Å². The van der Waals surface area contributed by atoms with Gasteiger partial charge >= 0.3 is 0 Å². The van der Waals surface area contributed by atoms with Crippen molar-refractivity contribution >= 4 is 0 Å². The molecular formula is C28H37NO6. The molecule has 5 rings (SSSR count). The van der Waals surface area contributed by atoms with E-state index >= 15 is 0 Å². The standard InChI is InChI=1S/C28H37NO6/c1-27(2)31-19-22(33-27)23-24(25-26(32-23)35-28(3,4)34-25)30-16-15-29(17-20-11-7-5-8-12-20)18-21-13-9-6-10-14-21/h5-14,22-26H,15-19H2,1-4H3/t22-,23-,24+,25?,26?/m1/s1. The Balaban J connectivity index is 1.26. The molecule has 0 aliphatic carbocycles. The predicted molar refractivity (Wildman–Crippen MR) is 130 cm³/mol. The van der Waals surface area contributed by atoms with Gasteiger partial charge in [-0.15, -0.1) is 0 Å². The zero-order valence-electron chi connectivity index (χ0n) is 21.1. The van der Waals surface area contributed by atoms with Gasteiger partial charge < -0.3 is 28.4 Å². The van der Waals surface area contributed by atoms with E-state index < -0.39 is 17.9 Å². The molecule has 5 atom stereocenters. The molecule has 35 heavy (non-hydrogen) atoms. The van der Waals surface area contributed by atoms with E-state index in [1.807, 2.05) is 39.8 Å². The molecule has 0 aromatic heterocycles. The Bertz CT molecular complexity index is 911. The first-order valence-corrected chi connectivity index (χ1v) is 12.5. The zero-order valence-corrected chi connectivity index (χ0v) is 21.1. The molecule has 0 radical (unpaired) electrons. The monoisotopic (exact) mass is 483 g/mol. The van der Waals surface area contributed by atoms with E-state index in [2.05, 4.69) is 53.4 Å². The maximum absolute atomic E-state index is 6.50. The first-order chi connectivity index (χ1) is 16.8. The average Bonchev–Trinajstić information content (AvgIpc) is 3.44. The molecular weight excluding hydrogens is 446 g/mol. The van der Waals surface area contributed by atoms with Gasteiger partial charge in [-0.2, -0.15) is 0 Å². The molecule has 3 aliphatic heterocycles. The van der Waals surface area contributed by atoms with Gasteiger partial charge in [0.1, 0.15) is 24.4 Å². The second-order valence-electron chi connectivity index (χ2n) is 10.5. The fourth-order valence-corrected chi connectivity index (χ4v) is 5.09. The number of ether oxygens (including phenoxy) is 6. The summed E-state index contributed by atoms with van der Waals surface area (Å²) in [6.07, 6.45) is -1.64. The Morgan fingerprint density at radius 2 is 1.43 bits per heavy atom. The van der Waals surface area contributed by atoms with Crippen molar-refractivity contribution in [3.8, 4) is 0 Å². The van der Waals surface area contributed by atoms with Crippen LogP contribution in [0.2, 0.25) is 0 Å². The maximum atomic E-state index is 6.50. The van der Waals surface area contributed by atoms with Crippen molar-refractivity contribution in [3.63, 3.8) is 0 Å². The van der Waals surface area contributed by atoms with Crippen molar-refractivity contribution in [1.29, 1.82) is 0 Å². The first kappa shape index (κ1) is 24.8. The van der Waals surface area contributed by atoms with Crippen molar-refractivity contribution in [2.24, 2.45) is 0 Å². The summed E-state index contributed by atoms with van der Waals surface area (Å²) in [5, 5.41) is 0. The molecule has 3 saturated heterocycles. The van der Waals surface area contributed by atoms with Crippen LogP contribution in [0.3, 0.4) is 0 Å². The molecule has 7 heteroatoms. The third-order valence-electron chi connectivity index (χ3n) is 6.64. The lowest BCUT2D eigenvalue weighted by Gasteiger charge is -2.30. The van der Waals surface area contributed by atoms with Crippen molar-refractivity contribution in [2.75, 3.05) is 19.8 Å². The summed E-state index contributed by atoms with van der Waals surface area (Å²) in [6, 6.07) is 21.1. The Morgan fingerprint density at radius 1 is 0.800 bits per heavy atom. The highest BCUT2D eigenvalue weighted by molar-refractivity contribution is 5.17. The molecule has 0 N–H and O–H groups in total. The Labute approximate surface area is 208 Å². The second-order valence-corrected chi connectivity index (χ2v) is 10.5. The topological polar surface area (TPSA) is 58.6 Å². The Hall–Kier alpha value is -1.84. The van der Waals surface area contributed by atoms with Crippen LogP contribution in [-0.2, 0) is 41.5 Å². The van der Waals surface area contributed by atoms with E-state index in [9.17, 15) is 0 Å². The molecule has 3 heterocycles. The summed E-state index contributed by atoms with van der Waals surface area (Å²) in [6.45, 7) is 11.1. The van der Waals surface area contributed by atoms with Gasteiger partial charge in [0, 0.05) is 19.6 Å². The molecule has 0 spiro atoms. The van der Waals surface area contributed by atoms with E-state index in [0.717, 1.165) is 19.6 Å². The number of hydrogen-bond acceptors (Lipinski definition) is 7. The quantitative estimate of drug-likeness (QED) is 0.532.